The number of carbonyl (C=O) groups excluding carboxylic acids is 1. The summed E-state index contributed by atoms with van der Waals surface area (Å²) in [5.74, 6) is 0. The maximum absolute atomic E-state index is 12.4. The van der Waals surface area contributed by atoms with Crippen molar-refractivity contribution >= 4 is 6.29 Å². The van der Waals surface area contributed by atoms with Crippen LogP contribution in [0.2, 0.25) is 0 Å². The van der Waals surface area contributed by atoms with Crippen LogP contribution in [0.15, 0.2) is 12.7 Å². The van der Waals surface area contributed by atoms with Gasteiger partial charge in [0, 0.05) is 6.42 Å². The second-order valence-corrected chi connectivity index (χ2v) is 2.20. The van der Waals surface area contributed by atoms with E-state index >= 15 is 0 Å². The summed E-state index contributed by atoms with van der Waals surface area (Å²) in [5.41, 5.74) is 0. The van der Waals surface area contributed by atoms with Crippen LogP contribution in [-0.2, 0) is 4.79 Å². The lowest BCUT2D eigenvalue weighted by molar-refractivity contribution is -0.107. The number of allylic oxidation sites excluding steroid dienone is 1. The molecule has 0 fully saturated rings. The molecule has 0 unspecified atom stereocenters. The molecule has 0 amide bonds. The molecule has 0 aliphatic rings. The van der Waals surface area contributed by atoms with Gasteiger partial charge in [-0.15, -0.1) is 6.58 Å². The lowest BCUT2D eigenvalue weighted by Gasteiger charge is -1.98. The number of hydrogen-bond acceptors (Lipinski definition) is 1. The fourth-order valence-electron chi connectivity index (χ4n) is 0.685. The van der Waals surface area contributed by atoms with Crippen LogP contribution in [0.4, 0.5) is 4.39 Å². The largest absolute Gasteiger partial charge is 0.303 e. The first kappa shape index (κ1) is 9.34. The smallest absolute Gasteiger partial charge is 0.119 e. The summed E-state index contributed by atoms with van der Waals surface area (Å²) in [6.45, 7) is 3.31. The number of hydrogen-bond donors (Lipinski definition) is 0. The van der Waals surface area contributed by atoms with Gasteiger partial charge in [0.2, 0.25) is 0 Å². The summed E-state index contributed by atoms with van der Waals surface area (Å²) in [7, 11) is 0. The average Bonchev–Trinajstić information content (AvgIpc) is 1.98. The molecule has 1 atom stereocenters. The third-order valence-electron chi connectivity index (χ3n) is 1.31. The number of unbranched alkanes of at least 4 members (excludes halogenated alkanes) is 2. The van der Waals surface area contributed by atoms with Crippen molar-refractivity contribution < 1.29 is 9.18 Å². The summed E-state index contributed by atoms with van der Waals surface area (Å²) in [6.07, 6.45) is 3.86. The second kappa shape index (κ2) is 6.46. The van der Waals surface area contributed by atoms with Gasteiger partial charge in [-0.1, -0.05) is 6.08 Å². The molecule has 0 rings (SSSR count). The van der Waals surface area contributed by atoms with Gasteiger partial charge in [0.15, 0.2) is 0 Å². The molecule has 1 nitrogen and oxygen atoms in total. The molecule has 0 saturated heterocycles. The van der Waals surface area contributed by atoms with E-state index in [-0.39, 0.29) is 0 Å². The van der Waals surface area contributed by atoms with E-state index in [1.165, 1.54) is 6.08 Å². The number of alkyl halides is 1. The third kappa shape index (κ3) is 5.48. The molecular formula is C8H13FO. The Hall–Kier alpha value is -0.660. The molecule has 0 aliphatic heterocycles. The van der Waals surface area contributed by atoms with Crippen molar-refractivity contribution in [3.05, 3.63) is 12.7 Å². The van der Waals surface area contributed by atoms with Crippen molar-refractivity contribution in [1.82, 2.24) is 0 Å². The Labute approximate surface area is 60.9 Å². The Bertz CT molecular complexity index is 101. The normalized spacial score (nSPS) is 12.5. The third-order valence-corrected chi connectivity index (χ3v) is 1.31. The Kier molecular flexibility index (Phi) is 6.03. The van der Waals surface area contributed by atoms with Crippen molar-refractivity contribution in [3.8, 4) is 0 Å². The predicted octanol–water partition coefficient (Wildman–Crippen LogP) is 2.27. The summed E-state index contributed by atoms with van der Waals surface area (Å²) < 4.78 is 12.4. The topological polar surface area (TPSA) is 17.1 Å². The summed E-state index contributed by atoms with van der Waals surface area (Å²) in [5, 5.41) is 0. The van der Waals surface area contributed by atoms with E-state index < -0.39 is 6.17 Å². The highest BCUT2D eigenvalue weighted by Crippen LogP contribution is 2.05. The fraction of sp³-hybridized carbons (Fsp3) is 0.625. The van der Waals surface area contributed by atoms with Crippen LogP contribution in [0.25, 0.3) is 0 Å². The first-order valence-corrected chi connectivity index (χ1v) is 3.51. The highest BCUT2D eigenvalue weighted by atomic mass is 19.1. The van der Waals surface area contributed by atoms with E-state index in [4.69, 9.17) is 0 Å². The van der Waals surface area contributed by atoms with E-state index in [9.17, 15) is 9.18 Å². The molecule has 0 spiro atoms. The molecule has 0 aromatic carbocycles. The second-order valence-electron chi connectivity index (χ2n) is 2.20. The minimum Gasteiger partial charge on any atom is -0.303 e. The first-order chi connectivity index (χ1) is 4.81. The number of aldehydes is 1. The lowest BCUT2D eigenvalue weighted by Crippen LogP contribution is -1.93. The highest BCUT2D eigenvalue weighted by Gasteiger charge is 1.98. The van der Waals surface area contributed by atoms with Crippen molar-refractivity contribution in [2.45, 2.75) is 31.9 Å². The zero-order valence-electron chi connectivity index (χ0n) is 6.05. The molecule has 0 heterocycles. The van der Waals surface area contributed by atoms with Gasteiger partial charge in [0.25, 0.3) is 0 Å². The molecule has 10 heavy (non-hydrogen) atoms. The quantitative estimate of drug-likeness (QED) is 0.317. The molecule has 0 saturated carbocycles. The van der Waals surface area contributed by atoms with Gasteiger partial charge >= 0.3 is 0 Å². The van der Waals surface area contributed by atoms with Gasteiger partial charge in [0.05, 0.1) is 0 Å². The van der Waals surface area contributed by atoms with Gasteiger partial charge in [0.1, 0.15) is 12.5 Å². The molecule has 0 N–H and O–H groups in total. The molecule has 0 aromatic heterocycles. The van der Waals surface area contributed by atoms with Crippen LogP contribution in [0, 0.1) is 0 Å². The summed E-state index contributed by atoms with van der Waals surface area (Å²) in [6, 6.07) is 0. The predicted molar refractivity (Wildman–Crippen MR) is 39.6 cm³/mol. The molecule has 0 aromatic rings. The Balaban J connectivity index is 3.02. The van der Waals surface area contributed by atoms with Gasteiger partial charge in [-0.05, 0) is 19.3 Å². The van der Waals surface area contributed by atoms with Gasteiger partial charge in [-0.2, -0.15) is 0 Å². The van der Waals surface area contributed by atoms with Crippen molar-refractivity contribution in [3.63, 3.8) is 0 Å². The SMILES string of the molecule is C=C[C@H](F)CCCCC=O. The number of rotatable bonds is 6. The van der Waals surface area contributed by atoms with E-state index in [1.54, 1.807) is 0 Å². The zero-order valence-corrected chi connectivity index (χ0v) is 6.05. The van der Waals surface area contributed by atoms with E-state index in [0.717, 1.165) is 19.1 Å². The Morgan fingerprint density at radius 1 is 1.50 bits per heavy atom. The molecule has 2 heteroatoms. The maximum atomic E-state index is 12.4. The van der Waals surface area contributed by atoms with E-state index in [0.29, 0.717) is 12.8 Å². The summed E-state index contributed by atoms with van der Waals surface area (Å²) in [4.78, 5) is 9.81. The average molecular weight is 144 g/mol. The molecule has 0 bridgehead atoms. The number of carbonyl (C=O) groups is 1. The van der Waals surface area contributed by atoms with Crippen LogP contribution in [0.5, 0.6) is 0 Å². The van der Waals surface area contributed by atoms with E-state index in [1.807, 2.05) is 0 Å². The lowest BCUT2D eigenvalue weighted by atomic mass is 10.1. The monoisotopic (exact) mass is 144 g/mol. The zero-order chi connectivity index (χ0) is 7.82. The Morgan fingerprint density at radius 2 is 2.20 bits per heavy atom. The van der Waals surface area contributed by atoms with Crippen LogP contribution >= 0.6 is 0 Å². The fourth-order valence-corrected chi connectivity index (χ4v) is 0.685. The highest BCUT2D eigenvalue weighted by molar-refractivity contribution is 5.48. The molecule has 0 aliphatic carbocycles. The van der Waals surface area contributed by atoms with Gasteiger partial charge < -0.3 is 4.79 Å². The summed E-state index contributed by atoms with van der Waals surface area (Å²) >= 11 is 0. The first-order valence-electron chi connectivity index (χ1n) is 3.51. The van der Waals surface area contributed by atoms with Crippen molar-refractivity contribution in [2.75, 3.05) is 0 Å². The van der Waals surface area contributed by atoms with Gasteiger partial charge in [-0.3, -0.25) is 0 Å². The van der Waals surface area contributed by atoms with Crippen LogP contribution in [0.1, 0.15) is 25.7 Å². The number of halogens is 1. The van der Waals surface area contributed by atoms with Crippen LogP contribution in [0.3, 0.4) is 0 Å². The van der Waals surface area contributed by atoms with Crippen LogP contribution < -0.4 is 0 Å². The minimum absolute atomic E-state index is 0.497. The van der Waals surface area contributed by atoms with Gasteiger partial charge in [-0.25, -0.2) is 4.39 Å². The van der Waals surface area contributed by atoms with Crippen LogP contribution in [-0.4, -0.2) is 12.5 Å². The van der Waals surface area contributed by atoms with Crippen molar-refractivity contribution in [2.24, 2.45) is 0 Å². The molecular weight excluding hydrogens is 131 g/mol. The minimum atomic E-state index is -0.897. The molecule has 58 valence electrons. The molecule has 0 radical (unpaired) electrons. The maximum Gasteiger partial charge on any atom is 0.119 e. The standard InChI is InChI=1S/C8H13FO/c1-2-8(9)6-4-3-5-7-10/h2,7-8H,1,3-6H2/t8-/m0/s1. The van der Waals surface area contributed by atoms with E-state index in [2.05, 4.69) is 6.58 Å². The van der Waals surface area contributed by atoms with Crippen molar-refractivity contribution in [1.29, 1.82) is 0 Å². The Morgan fingerprint density at radius 3 is 2.70 bits per heavy atom.